The average Bonchev–Trinajstić information content (AvgIpc) is 3.18. The molecule has 3 aromatic carbocycles. The van der Waals surface area contributed by atoms with Gasteiger partial charge in [0.05, 0.1) is 13.2 Å². The molecule has 0 aromatic heterocycles. The van der Waals surface area contributed by atoms with Crippen LogP contribution in [0.15, 0.2) is 84.9 Å². The second-order valence-electron chi connectivity index (χ2n) is 6.55. The zero-order valence-corrected chi connectivity index (χ0v) is 14.9. The van der Waals surface area contributed by atoms with Crippen LogP contribution in [0.5, 0.6) is 0 Å². The summed E-state index contributed by atoms with van der Waals surface area (Å²) < 4.78 is 11.9. The average molecular weight is 342 g/mol. The Hall–Kier alpha value is -2.68. The molecule has 1 saturated heterocycles. The number of hydrogen-bond donors (Lipinski definition) is 0. The molecule has 0 atom stereocenters. The molecule has 1 fully saturated rings. The summed E-state index contributed by atoms with van der Waals surface area (Å²) in [4.78, 5) is 0. The maximum atomic E-state index is 5.97. The summed E-state index contributed by atoms with van der Waals surface area (Å²) in [6.07, 6.45) is 4.09. The van der Waals surface area contributed by atoms with Crippen molar-refractivity contribution in [3.8, 4) is 11.1 Å². The highest BCUT2D eigenvalue weighted by atomic mass is 16.7. The summed E-state index contributed by atoms with van der Waals surface area (Å²) in [5.74, 6) is -0.786. The minimum absolute atomic E-state index is 0.602. The largest absolute Gasteiger partial charge is 0.340 e. The molecule has 130 valence electrons. The third-order valence-electron chi connectivity index (χ3n) is 4.68. The van der Waals surface area contributed by atoms with Gasteiger partial charge in [-0.2, -0.15) is 0 Å². The summed E-state index contributed by atoms with van der Waals surface area (Å²) >= 11 is 0. The van der Waals surface area contributed by atoms with Gasteiger partial charge in [0.15, 0.2) is 0 Å². The molecule has 2 heteroatoms. The zero-order valence-electron chi connectivity index (χ0n) is 14.9. The van der Waals surface area contributed by atoms with Gasteiger partial charge in [0.2, 0.25) is 5.79 Å². The van der Waals surface area contributed by atoms with Crippen LogP contribution in [0.3, 0.4) is 0 Å². The Kier molecular flexibility index (Phi) is 4.70. The second-order valence-corrected chi connectivity index (χ2v) is 6.55. The topological polar surface area (TPSA) is 18.5 Å². The van der Waals surface area contributed by atoms with E-state index in [4.69, 9.17) is 9.47 Å². The molecule has 0 amide bonds. The molecular formula is C24H22O2. The highest BCUT2D eigenvalue weighted by Crippen LogP contribution is 2.34. The third-order valence-corrected chi connectivity index (χ3v) is 4.68. The van der Waals surface area contributed by atoms with Gasteiger partial charge in [0.25, 0.3) is 0 Å². The van der Waals surface area contributed by atoms with E-state index in [2.05, 4.69) is 85.8 Å². The number of rotatable bonds is 4. The van der Waals surface area contributed by atoms with Crippen molar-refractivity contribution in [3.05, 3.63) is 102 Å². The lowest BCUT2D eigenvalue weighted by Crippen LogP contribution is -2.24. The lowest BCUT2D eigenvalue weighted by Gasteiger charge is -2.24. The zero-order chi connectivity index (χ0) is 17.8. The Balaban J connectivity index is 1.58. The van der Waals surface area contributed by atoms with E-state index in [0.717, 1.165) is 11.1 Å². The highest BCUT2D eigenvalue weighted by Gasteiger charge is 2.35. The molecule has 1 aliphatic heterocycles. The third kappa shape index (κ3) is 3.48. The number of hydrogen-bond acceptors (Lipinski definition) is 2. The minimum Gasteiger partial charge on any atom is -0.340 e. The van der Waals surface area contributed by atoms with Crippen LogP contribution < -0.4 is 0 Å². The first-order valence-corrected chi connectivity index (χ1v) is 8.95. The van der Waals surface area contributed by atoms with Crippen LogP contribution in [0.25, 0.3) is 17.2 Å². The molecule has 0 saturated carbocycles. The molecule has 0 unspecified atom stereocenters. The predicted molar refractivity (Wildman–Crippen MR) is 106 cm³/mol. The van der Waals surface area contributed by atoms with Gasteiger partial charge in [-0.05, 0) is 29.7 Å². The van der Waals surface area contributed by atoms with Crippen molar-refractivity contribution in [3.63, 3.8) is 0 Å². The summed E-state index contributed by atoms with van der Waals surface area (Å²) in [6.45, 7) is 3.28. The number of ether oxygens (including phenoxy) is 2. The standard InChI is InChI=1S/C24H22O2/c1-19-7-13-23(14-8-19)24(25-17-18-26-24)16-15-20-9-11-22(12-10-20)21-5-3-2-4-6-21/h2-16H,17-18H2,1H3/b16-15+. The van der Waals surface area contributed by atoms with E-state index in [1.54, 1.807) is 0 Å². The molecule has 2 nitrogen and oxygen atoms in total. The molecule has 4 rings (SSSR count). The van der Waals surface area contributed by atoms with Gasteiger partial charge < -0.3 is 9.47 Å². The van der Waals surface area contributed by atoms with Crippen LogP contribution >= 0.6 is 0 Å². The number of benzene rings is 3. The fourth-order valence-corrected chi connectivity index (χ4v) is 3.20. The monoisotopic (exact) mass is 342 g/mol. The summed E-state index contributed by atoms with van der Waals surface area (Å²) in [7, 11) is 0. The van der Waals surface area contributed by atoms with E-state index < -0.39 is 5.79 Å². The lowest BCUT2D eigenvalue weighted by molar-refractivity contribution is -0.122. The van der Waals surface area contributed by atoms with Crippen LogP contribution in [0.1, 0.15) is 16.7 Å². The van der Waals surface area contributed by atoms with Crippen molar-refractivity contribution < 1.29 is 9.47 Å². The first-order valence-electron chi connectivity index (χ1n) is 8.95. The van der Waals surface area contributed by atoms with E-state index in [1.807, 2.05) is 12.1 Å². The van der Waals surface area contributed by atoms with Crippen LogP contribution in [0.4, 0.5) is 0 Å². The van der Waals surface area contributed by atoms with Crippen molar-refractivity contribution in [2.75, 3.05) is 13.2 Å². The van der Waals surface area contributed by atoms with E-state index in [-0.39, 0.29) is 0 Å². The smallest absolute Gasteiger partial charge is 0.215 e. The highest BCUT2D eigenvalue weighted by molar-refractivity contribution is 5.65. The van der Waals surface area contributed by atoms with Gasteiger partial charge >= 0.3 is 0 Å². The maximum Gasteiger partial charge on any atom is 0.215 e. The van der Waals surface area contributed by atoms with E-state index in [1.165, 1.54) is 16.7 Å². The summed E-state index contributed by atoms with van der Waals surface area (Å²) in [6, 6.07) is 27.2. The lowest BCUT2D eigenvalue weighted by atomic mass is 10.0. The first kappa shape index (κ1) is 16.8. The minimum atomic E-state index is -0.786. The van der Waals surface area contributed by atoms with Crippen LogP contribution in [0.2, 0.25) is 0 Å². The molecule has 0 aliphatic carbocycles. The summed E-state index contributed by atoms with van der Waals surface area (Å²) in [5.41, 5.74) is 5.81. The molecule has 1 aliphatic rings. The van der Waals surface area contributed by atoms with E-state index in [0.29, 0.717) is 13.2 Å². The SMILES string of the molecule is Cc1ccc(C2(/C=C/c3ccc(-c4ccccc4)cc3)OCCO2)cc1. The molecule has 0 radical (unpaired) electrons. The maximum absolute atomic E-state index is 5.97. The van der Waals surface area contributed by atoms with Gasteiger partial charge in [-0.15, -0.1) is 0 Å². The van der Waals surface area contributed by atoms with Crippen molar-refractivity contribution in [2.24, 2.45) is 0 Å². The summed E-state index contributed by atoms with van der Waals surface area (Å²) in [5, 5.41) is 0. The first-order chi connectivity index (χ1) is 12.8. The van der Waals surface area contributed by atoms with Crippen LogP contribution in [-0.2, 0) is 15.3 Å². The molecule has 26 heavy (non-hydrogen) atoms. The van der Waals surface area contributed by atoms with Crippen molar-refractivity contribution in [2.45, 2.75) is 12.7 Å². The van der Waals surface area contributed by atoms with Crippen LogP contribution in [0, 0.1) is 6.92 Å². The van der Waals surface area contributed by atoms with Crippen molar-refractivity contribution in [1.29, 1.82) is 0 Å². The number of aryl methyl sites for hydroxylation is 1. The predicted octanol–water partition coefficient (Wildman–Crippen LogP) is 5.58. The second kappa shape index (κ2) is 7.28. The molecular weight excluding hydrogens is 320 g/mol. The van der Waals surface area contributed by atoms with Crippen molar-refractivity contribution >= 4 is 6.08 Å². The molecule has 0 N–H and O–H groups in total. The molecule has 0 bridgehead atoms. The fourth-order valence-electron chi connectivity index (χ4n) is 3.20. The van der Waals surface area contributed by atoms with Gasteiger partial charge in [-0.25, -0.2) is 0 Å². The fraction of sp³-hybridized carbons (Fsp3) is 0.167. The van der Waals surface area contributed by atoms with Crippen molar-refractivity contribution in [1.82, 2.24) is 0 Å². The van der Waals surface area contributed by atoms with Gasteiger partial charge in [-0.1, -0.05) is 90.5 Å². The van der Waals surface area contributed by atoms with Gasteiger partial charge in [0.1, 0.15) is 0 Å². The quantitative estimate of drug-likeness (QED) is 0.616. The van der Waals surface area contributed by atoms with Gasteiger partial charge in [-0.3, -0.25) is 0 Å². The Labute approximate surface area is 154 Å². The molecule has 3 aromatic rings. The Morgan fingerprint density at radius 1 is 0.731 bits per heavy atom. The Bertz CT molecular complexity index is 872. The van der Waals surface area contributed by atoms with E-state index in [9.17, 15) is 0 Å². The molecule has 0 spiro atoms. The molecule has 1 heterocycles. The Morgan fingerprint density at radius 2 is 1.35 bits per heavy atom. The normalized spacial score (nSPS) is 16.2. The van der Waals surface area contributed by atoms with Gasteiger partial charge in [0, 0.05) is 5.56 Å². The van der Waals surface area contributed by atoms with E-state index >= 15 is 0 Å². The van der Waals surface area contributed by atoms with Crippen LogP contribution in [-0.4, -0.2) is 13.2 Å². The Morgan fingerprint density at radius 3 is 2.00 bits per heavy atom.